The van der Waals surface area contributed by atoms with Crippen LogP contribution in [0.15, 0.2) is 18.2 Å². The Labute approximate surface area is 90.1 Å². The fourth-order valence-electron chi connectivity index (χ4n) is 1.30. The number of hydrogen-bond acceptors (Lipinski definition) is 2. The number of aliphatic hydroxyl groups is 1. The molecule has 0 saturated heterocycles. The molecule has 3 nitrogen and oxygen atoms in total. The quantitative estimate of drug-likeness (QED) is 0.782. The molecule has 0 saturated carbocycles. The fraction of sp³-hybridized carbons (Fsp3) is 0.417. The molecule has 1 rings (SSSR count). The summed E-state index contributed by atoms with van der Waals surface area (Å²) in [5.74, 6) is -0.115. The van der Waals surface area contributed by atoms with Gasteiger partial charge in [-0.1, -0.05) is 18.2 Å². The maximum atomic E-state index is 11.1. The van der Waals surface area contributed by atoms with Crippen molar-refractivity contribution >= 4 is 5.91 Å². The zero-order chi connectivity index (χ0) is 11.3. The van der Waals surface area contributed by atoms with Crippen LogP contribution in [-0.2, 0) is 11.3 Å². The van der Waals surface area contributed by atoms with Gasteiger partial charge in [0.1, 0.15) is 0 Å². The monoisotopic (exact) mass is 207 g/mol. The molecule has 0 heterocycles. The molecule has 0 bridgehead atoms. The summed E-state index contributed by atoms with van der Waals surface area (Å²) >= 11 is 0. The molecule has 1 aromatic rings. The molecule has 1 amide bonds. The predicted molar refractivity (Wildman–Crippen MR) is 59.5 cm³/mol. The fourth-order valence-corrected chi connectivity index (χ4v) is 1.30. The maximum absolute atomic E-state index is 11.1. The third-order valence-electron chi connectivity index (χ3n) is 2.40. The van der Waals surface area contributed by atoms with Crippen molar-refractivity contribution in [1.29, 1.82) is 0 Å². The highest BCUT2D eigenvalue weighted by molar-refractivity contribution is 5.75. The van der Waals surface area contributed by atoms with E-state index in [0.29, 0.717) is 6.54 Å². The Morgan fingerprint density at radius 2 is 2.07 bits per heavy atom. The minimum absolute atomic E-state index is 0.0985. The number of rotatable bonds is 4. The number of amides is 1. The van der Waals surface area contributed by atoms with E-state index in [0.717, 1.165) is 5.56 Å². The highest BCUT2D eigenvalue weighted by Crippen LogP contribution is 2.09. The van der Waals surface area contributed by atoms with E-state index in [1.165, 1.54) is 11.1 Å². The summed E-state index contributed by atoms with van der Waals surface area (Å²) in [6.07, 6.45) is 0.171. The summed E-state index contributed by atoms with van der Waals surface area (Å²) in [4.78, 5) is 11.1. The number of nitrogens with one attached hydrogen (secondary N) is 1. The molecule has 0 spiro atoms. The van der Waals surface area contributed by atoms with Gasteiger partial charge in [0.15, 0.2) is 0 Å². The lowest BCUT2D eigenvalue weighted by Crippen LogP contribution is -2.23. The van der Waals surface area contributed by atoms with Crippen molar-refractivity contribution in [3.8, 4) is 0 Å². The topological polar surface area (TPSA) is 49.3 Å². The van der Waals surface area contributed by atoms with Gasteiger partial charge < -0.3 is 10.4 Å². The van der Waals surface area contributed by atoms with Gasteiger partial charge >= 0.3 is 0 Å². The van der Waals surface area contributed by atoms with Crippen molar-refractivity contribution in [2.24, 2.45) is 0 Å². The zero-order valence-corrected chi connectivity index (χ0v) is 9.21. The lowest BCUT2D eigenvalue weighted by Gasteiger charge is -2.06. The molecule has 2 N–H and O–H groups in total. The first-order valence-electron chi connectivity index (χ1n) is 5.07. The minimum Gasteiger partial charge on any atom is -0.396 e. The molecule has 0 atom stereocenters. The largest absolute Gasteiger partial charge is 0.396 e. The molecule has 3 heteroatoms. The van der Waals surface area contributed by atoms with Crippen molar-refractivity contribution in [1.82, 2.24) is 5.32 Å². The minimum atomic E-state index is -0.115. The first kappa shape index (κ1) is 11.7. The summed E-state index contributed by atoms with van der Waals surface area (Å²) in [6.45, 7) is 4.54. The van der Waals surface area contributed by atoms with Crippen LogP contribution in [0, 0.1) is 13.8 Å². The van der Waals surface area contributed by atoms with E-state index in [1.54, 1.807) is 0 Å². The third kappa shape index (κ3) is 3.72. The molecule has 0 radical (unpaired) electrons. The predicted octanol–water partition coefficient (Wildman–Crippen LogP) is 1.30. The molecule has 0 aromatic heterocycles. The Balaban J connectivity index is 2.51. The van der Waals surface area contributed by atoms with E-state index in [1.807, 2.05) is 19.1 Å². The average Bonchev–Trinajstić information content (AvgIpc) is 2.20. The number of aryl methyl sites for hydroxylation is 2. The van der Waals surface area contributed by atoms with Gasteiger partial charge in [0.2, 0.25) is 5.91 Å². The van der Waals surface area contributed by atoms with Crippen LogP contribution in [0.2, 0.25) is 0 Å². The van der Waals surface area contributed by atoms with Crippen molar-refractivity contribution < 1.29 is 9.90 Å². The lowest BCUT2D eigenvalue weighted by atomic mass is 10.1. The first-order chi connectivity index (χ1) is 7.13. The van der Waals surface area contributed by atoms with Gasteiger partial charge in [-0.05, 0) is 30.5 Å². The molecular formula is C12H17NO2. The number of benzene rings is 1. The average molecular weight is 207 g/mol. The number of hydrogen-bond donors (Lipinski definition) is 2. The van der Waals surface area contributed by atoms with Gasteiger partial charge in [0, 0.05) is 13.0 Å². The van der Waals surface area contributed by atoms with Gasteiger partial charge in [-0.15, -0.1) is 0 Å². The molecule has 82 valence electrons. The molecule has 0 fully saturated rings. The molecular weight excluding hydrogens is 190 g/mol. The van der Waals surface area contributed by atoms with Crippen LogP contribution in [0.25, 0.3) is 0 Å². The Morgan fingerprint density at radius 1 is 1.33 bits per heavy atom. The van der Waals surface area contributed by atoms with Crippen molar-refractivity contribution in [3.05, 3.63) is 34.9 Å². The summed E-state index contributed by atoms with van der Waals surface area (Å²) in [7, 11) is 0. The van der Waals surface area contributed by atoms with Gasteiger partial charge in [0.05, 0.1) is 6.61 Å². The van der Waals surface area contributed by atoms with Crippen molar-refractivity contribution in [2.45, 2.75) is 26.8 Å². The van der Waals surface area contributed by atoms with Crippen LogP contribution in [-0.4, -0.2) is 17.6 Å². The second kappa shape index (κ2) is 5.51. The third-order valence-corrected chi connectivity index (χ3v) is 2.40. The molecule has 0 aliphatic carbocycles. The summed E-state index contributed by atoms with van der Waals surface area (Å²) in [5, 5.41) is 11.3. The number of aliphatic hydroxyl groups excluding tert-OH is 1. The zero-order valence-electron chi connectivity index (χ0n) is 9.21. The maximum Gasteiger partial charge on any atom is 0.222 e. The van der Waals surface area contributed by atoms with Crippen molar-refractivity contribution in [2.75, 3.05) is 6.61 Å². The normalized spacial score (nSPS) is 10.1. The Bertz CT molecular complexity index is 347. The van der Waals surface area contributed by atoms with Gasteiger partial charge in [-0.25, -0.2) is 0 Å². The Hall–Kier alpha value is -1.35. The summed E-state index contributed by atoms with van der Waals surface area (Å²) in [5.41, 5.74) is 3.56. The number of carbonyl (C=O) groups is 1. The molecule has 1 aromatic carbocycles. The Morgan fingerprint density at radius 3 is 2.67 bits per heavy atom. The van der Waals surface area contributed by atoms with E-state index in [4.69, 9.17) is 5.11 Å². The molecule has 15 heavy (non-hydrogen) atoms. The van der Waals surface area contributed by atoms with Crippen LogP contribution in [0.1, 0.15) is 23.1 Å². The van der Waals surface area contributed by atoms with Gasteiger partial charge in [-0.3, -0.25) is 4.79 Å². The SMILES string of the molecule is Cc1ccc(CNC(=O)CCO)cc1C. The Kier molecular flexibility index (Phi) is 4.31. The van der Waals surface area contributed by atoms with E-state index >= 15 is 0 Å². The molecule has 0 aliphatic rings. The molecule has 0 unspecified atom stereocenters. The summed E-state index contributed by atoms with van der Waals surface area (Å²) < 4.78 is 0. The van der Waals surface area contributed by atoms with E-state index in [2.05, 4.69) is 18.3 Å². The van der Waals surface area contributed by atoms with Crippen LogP contribution < -0.4 is 5.32 Å². The van der Waals surface area contributed by atoms with Gasteiger partial charge in [-0.2, -0.15) is 0 Å². The molecule has 0 aliphatic heterocycles. The second-order valence-electron chi connectivity index (χ2n) is 3.67. The number of carbonyl (C=O) groups excluding carboxylic acids is 1. The van der Waals surface area contributed by atoms with Crippen LogP contribution in [0.5, 0.6) is 0 Å². The lowest BCUT2D eigenvalue weighted by molar-refractivity contribution is -0.121. The second-order valence-corrected chi connectivity index (χ2v) is 3.67. The standard InChI is InChI=1S/C12H17NO2/c1-9-3-4-11(7-10(9)2)8-13-12(15)5-6-14/h3-4,7,14H,5-6,8H2,1-2H3,(H,13,15). The van der Waals surface area contributed by atoms with E-state index < -0.39 is 0 Å². The van der Waals surface area contributed by atoms with Crippen LogP contribution in [0.3, 0.4) is 0 Å². The van der Waals surface area contributed by atoms with Crippen LogP contribution in [0.4, 0.5) is 0 Å². The highest BCUT2D eigenvalue weighted by atomic mass is 16.3. The van der Waals surface area contributed by atoms with Gasteiger partial charge in [0.25, 0.3) is 0 Å². The van der Waals surface area contributed by atoms with Crippen molar-refractivity contribution in [3.63, 3.8) is 0 Å². The van der Waals surface area contributed by atoms with Crippen LogP contribution >= 0.6 is 0 Å². The first-order valence-corrected chi connectivity index (χ1v) is 5.07. The smallest absolute Gasteiger partial charge is 0.222 e. The highest BCUT2D eigenvalue weighted by Gasteiger charge is 2.00. The van der Waals surface area contributed by atoms with E-state index in [9.17, 15) is 4.79 Å². The summed E-state index contributed by atoms with van der Waals surface area (Å²) in [6, 6.07) is 6.11. The van der Waals surface area contributed by atoms with E-state index in [-0.39, 0.29) is 18.9 Å².